The summed E-state index contributed by atoms with van der Waals surface area (Å²) in [5, 5.41) is 0. The Labute approximate surface area is 111 Å². The van der Waals surface area contributed by atoms with Gasteiger partial charge in [0.15, 0.2) is 5.69 Å². The molecule has 0 aromatic carbocycles. The van der Waals surface area contributed by atoms with Crippen molar-refractivity contribution in [2.24, 2.45) is 0 Å². The normalized spacial score (nSPS) is 13.0. The number of ether oxygens (including phenoxy) is 2. The second-order valence-electron chi connectivity index (χ2n) is 4.44. The number of hydrogen-bond donors (Lipinski definition) is 0. The Morgan fingerprint density at radius 2 is 1.89 bits per heavy atom. The molecule has 0 saturated carbocycles. The lowest BCUT2D eigenvalue weighted by Gasteiger charge is -2.13. The first kappa shape index (κ1) is 13.5. The maximum Gasteiger partial charge on any atom is 0.357 e. The summed E-state index contributed by atoms with van der Waals surface area (Å²) >= 11 is 0. The number of carbonyl (C=O) groups is 2. The van der Waals surface area contributed by atoms with E-state index in [4.69, 9.17) is 9.47 Å². The molecule has 1 aliphatic rings. The second-order valence-corrected chi connectivity index (χ2v) is 4.44. The SMILES string of the molecule is CCOC(=O)c1nc(C)c(C(=O)OC)c2c1CCC2. The number of aromatic nitrogens is 1. The summed E-state index contributed by atoms with van der Waals surface area (Å²) in [6.45, 7) is 3.79. The fraction of sp³-hybridized carbons (Fsp3) is 0.500. The second kappa shape index (κ2) is 5.38. The Bertz CT molecular complexity index is 537. The third kappa shape index (κ3) is 2.32. The fourth-order valence-electron chi connectivity index (χ4n) is 2.53. The van der Waals surface area contributed by atoms with Crippen LogP contribution >= 0.6 is 0 Å². The van der Waals surface area contributed by atoms with E-state index in [1.807, 2.05) is 0 Å². The van der Waals surface area contributed by atoms with Crippen LogP contribution < -0.4 is 0 Å². The Hall–Kier alpha value is -1.91. The average molecular weight is 263 g/mol. The Balaban J connectivity index is 2.56. The predicted octanol–water partition coefficient (Wildman–Crippen LogP) is 1.84. The van der Waals surface area contributed by atoms with Gasteiger partial charge in [-0.2, -0.15) is 0 Å². The van der Waals surface area contributed by atoms with E-state index in [-0.39, 0.29) is 0 Å². The van der Waals surface area contributed by atoms with Crippen molar-refractivity contribution in [3.8, 4) is 0 Å². The molecule has 0 radical (unpaired) electrons. The molecule has 2 rings (SSSR count). The summed E-state index contributed by atoms with van der Waals surface area (Å²) in [6, 6.07) is 0. The molecular formula is C14H17NO4. The van der Waals surface area contributed by atoms with Crippen LogP contribution in [0.15, 0.2) is 0 Å². The first-order chi connectivity index (χ1) is 9.10. The van der Waals surface area contributed by atoms with Crippen LogP contribution in [0.2, 0.25) is 0 Å². The minimum absolute atomic E-state index is 0.313. The molecule has 102 valence electrons. The van der Waals surface area contributed by atoms with Crippen molar-refractivity contribution in [1.29, 1.82) is 0 Å². The monoisotopic (exact) mass is 263 g/mol. The molecule has 0 amide bonds. The van der Waals surface area contributed by atoms with Gasteiger partial charge in [0.2, 0.25) is 0 Å². The van der Waals surface area contributed by atoms with Crippen LogP contribution in [-0.2, 0) is 22.3 Å². The van der Waals surface area contributed by atoms with Gasteiger partial charge >= 0.3 is 11.9 Å². The van der Waals surface area contributed by atoms with Gasteiger partial charge in [0, 0.05) is 0 Å². The molecule has 0 saturated heterocycles. The topological polar surface area (TPSA) is 65.5 Å². The number of methoxy groups -OCH3 is 1. The van der Waals surface area contributed by atoms with E-state index in [2.05, 4.69) is 4.98 Å². The lowest BCUT2D eigenvalue weighted by atomic mass is 10.0. The lowest BCUT2D eigenvalue weighted by Crippen LogP contribution is -2.16. The zero-order chi connectivity index (χ0) is 14.0. The molecule has 0 fully saturated rings. The molecule has 1 aromatic heterocycles. The smallest absolute Gasteiger partial charge is 0.357 e. The van der Waals surface area contributed by atoms with E-state index < -0.39 is 11.9 Å². The molecule has 5 nitrogen and oxygen atoms in total. The molecular weight excluding hydrogens is 246 g/mol. The number of aryl methyl sites for hydroxylation is 1. The van der Waals surface area contributed by atoms with Crippen molar-refractivity contribution in [3.05, 3.63) is 28.1 Å². The number of esters is 2. The highest BCUT2D eigenvalue weighted by Gasteiger charge is 2.28. The molecule has 0 atom stereocenters. The van der Waals surface area contributed by atoms with Crippen LogP contribution in [-0.4, -0.2) is 30.6 Å². The Morgan fingerprint density at radius 1 is 1.21 bits per heavy atom. The molecule has 19 heavy (non-hydrogen) atoms. The van der Waals surface area contributed by atoms with Crippen molar-refractivity contribution in [3.63, 3.8) is 0 Å². The van der Waals surface area contributed by atoms with Crippen LogP contribution in [0, 0.1) is 6.92 Å². The van der Waals surface area contributed by atoms with Gasteiger partial charge in [-0.3, -0.25) is 0 Å². The minimum Gasteiger partial charge on any atom is -0.465 e. The molecule has 1 aromatic rings. The van der Waals surface area contributed by atoms with Crippen LogP contribution in [0.4, 0.5) is 0 Å². The summed E-state index contributed by atoms with van der Waals surface area (Å²) < 4.78 is 9.81. The van der Waals surface area contributed by atoms with Gasteiger partial charge in [-0.05, 0) is 44.2 Å². The maximum absolute atomic E-state index is 11.9. The summed E-state index contributed by atoms with van der Waals surface area (Å²) in [6.07, 6.45) is 2.44. The van der Waals surface area contributed by atoms with E-state index >= 15 is 0 Å². The van der Waals surface area contributed by atoms with E-state index in [0.29, 0.717) is 23.6 Å². The number of hydrogen-bond acceptors (Lipinski definition) is 5. The van der Waals surface area contributed by atoms with E-state index in [1.165, 1.54) is 7.11 Å². The highest BCUT2D eigenvalue weighted by atomic mass is 16.5. The van der Waals surface area contributed by atoms with E-state index in [0.717, 1.165) is 30.4 Å². The summed E-state index contributed by atoms with van der Waals surface area (Å²) in [5.74, 6) is -0.807. The van der Waals surface area contributed by atoms with Crippen LogP contribution in [0.5, 0.6) is 0 Å². The van der Waals surface area contributed by atoms with Crippen molar-refractivity contribution in [2.45, 2.75) is 33.1 Å². The van der Waals surface area contributed by atoms with Crippen molar-refractivity contribution < 1.29 is 19.1 Å². The first-order valence-corrected chi connectivity index (χ1v) is 6.37. The predicted molar refractivity (Wildman–Crippen MR) is 68.3 cm³/mol. The van der Waals surface area contributed by atoms with Crippen LogP contribution in [0.1, 0.15) is 51.0 Å². The average Bonchev–Trinajstić information content (AvgIpc) is 2.86. The molecule has 5 heteroatoms. The molecule has 0 unspecified atom stereocenters. The first-order valence-electron chi connectivity index (χ1n) is 6.37. The zero-order valence-corrected chi connectivity index (χ0v) is 11.4. The van der Waals surface area contributed by atoms with Gasteiger partial charge in [-0.15, -0.1) is 0 Å². The molecule has 0 bridgehead atoms. The zero-order valence-electron chi connectivity index (χ0n) is 11.4. The number of pyridine rings is 1. The number of carbonyl (C=O) groups excluding carboxylic acids is 2. The minimum atomic E-state index is -0.417. The van der Waals surface area contributed by atoms with Gasteiger partial charge in [-0.25, -0.2) is 14.6 Å². The van der Waals surface area contributed by atoms with Crippen molar-refractivity contribution in [1.82, 2.24) is 4.98 Å². The van der Waals surface area contributed by atoms with Crippen LogP contribution in [0.25, 0.3) is 0 Å². The maximum atomic E-state index is 11.9. The molecule has 0 aliphatic heterocycles. The molecule has 1 aliphatic carbocycles. The summed E-state index contributed by atoms with van der Waals surface area (Å²) in [5.41, 5.74) is 3.10. The van der Waals surface area contributed by atoms with Crippen molar-refractivity contribution >= 4 is 11.9 Å². The number of fused-ring (bicyclic) bond motifs is 1. The number of rotatable bonds is 3. The van der Waals surface area contributed by atoms with Gasteiger partial charge in [0.05, 0.1) is 25.0 Å². The highest BCUT2D eigenvalue weighted by Crippen LogP contribution is 2.30. The Kier molecular flexibility index (Phi) is 3.83. The standard InChI is InChI=1S/C14H17NO4/c1-4-19-14(17)12-10-7-5-6-9(10)11(8(2)15-12)13(16)18-3/h4-7H2,1-3H3. The summed E-state index contributed by atoms with van der Waals surface area (Å²) in [7, 11) is 1.35. The third-order valence-electron chi connectivity index (χ3n) is 3.31. The molecule has 0 N–H and O–H groups in total. The summed E-state index contributed by atoms with van der Waals surface area (Å²) in [4.78, 5) is 28.0. The number of nitrogens with zero attached hydrogens (tertiary/aromatic N) is 1. The molecule has 0 spiro atoms. The van der Waals surface area contributed by atoms with E-state index in [9.17, 15) is 9.59 Å². The van der Waals surface area contributed by atoms with Gasteiger partial charge < -0.3 is 9.47 Å². The largest absolute Gasteiger partial charge is 0.465 e. The lowest BCUT2D eigenvalue weighted by molar-refractivity contribution is 0.0514. The fourth-order valence-corrected chi connectivity index (χ4v) is 2.53. The highest BCUT2D eigenvalue weighted by molar-refractivity contribution is 5.96. The van der Waals surface area contributed by atoms with Gasteiger partial charge in [-0.1, -0.05) is 0 Å². The quantitative estimate of drug-likeness (QED) is 0.778. The van der Waals surface area contributed by atoms with E-state index in [1.54, 1.807) is 13.8 Å². The van der Waals surface area contributed by atoms with Gasteiger partial charge in [0.25, 0.3) is 0 Å². The third-order valence-corrected chi connectivity index (χ3v) is 3.31. The van der Waals surface area contributed by atoms with Gasteiger partial charge in [0.1, 0.15) is 0 Å². The Morgan fingerprint density at radius 3 is 2.53 bits per heavy atom. The molecule has 1 heterocycles. The van der Waals surface area contributed by atoms with Crippen LogP contribution in [0.3, 0.4) is 0 Å². The van der Waals surface area contributed by atoms with Crippen molar-refractivity contribution in [2.75, 3.05) is 13.7 Å².